The molecule has 2 aromatic rings. The average Bonchev–Trinajstić information content (AvgIpc) is 3.32. The summed E-state index contributed by atoms with van der Waals surface area (Å²) >= 11 is 0. The van der Waals surface area contributed by atoms with Crippen LogP contribution in [0.2, 0.25) is 0 Å². The zero-order chi connectivity index (χ0) is 17.1. The van der Waals surface area contributed by atoms with Gasteiger partial charge in [0.15, 0.2) is 0 Å². The van der Waals surface area contributed by atoms with Gasteiger partial charge in [-0.05, 0) is 79.6 Å². The molecule has 0 saturated carbocycles. The minimum Gasteiger partial charge on any atom is -0.334 e. The van der Waals surface area contributed by atoms with Gasteiger partial charge in [0.05, 0.1) is 0 Å². The molecule has 2 aliphatic rings. The molecule has 4 nitrogen and oxygen atoms in total. The standard InChI is InChI=1S/C21H25N3O/c25-21(20-7-6-18-4-1-5-19(18)11-20)24(15-17-8-10-23-13-17)14-16-3-2-9-22-12-16/h2-3,6-7,9,11-12,17,23H,1,4-5,8,10,13-15H2/t17-/m1/s1. The SMILES string of the molecule is O=C(c1ccc2c(c1)CCC2)N(Cc1cccnc1)C[C@@H]1CCNC1. The van der Waals surface area contributed by atoms with Crippen LogP contribution in [0.25, 0.3) is 0 Å². The van der Waals surface area contributed by atoms with Crippen LogP contribution in [0.15, 0.2) is 42.7 Å². The van der Waals surface area contributed by atoms with Crippen LogP contribution in [-0.2, 0) is 19.4 Å². The Labute approximate surface area is 149 Å². The van der Waals surface area contributed by atoms with Gasteiger partial charge in [-0.1, -0.05) is 12.1 Å². The summed E-state index contributed by atoms with van der Waals surface area (Å²) in [6.07, 6.45) is 8.23. The molecule has 0 spiro atoms. The van der Waals surface area contributed by atoms with E-state index >= 15 is 0 Å². The van der Waals surface area contributed by atoms with Gasteiger partial charge >= 0.3 is 0 Å². The highest BCUT2D eigenvalue weighted by Crippen LogP contribution is 2.24. The Kier molecular flexibility index (Phi) is 4.79. The van der Waals surface area contributed by atoms with Gasteiger partial charge in [-0.25, -0.2) is 0 Å². The number of aromatic nitrogens is 1. The molecule has 1 aliphatic heterocycles. The van der Waals surface area contributed by atoms with Gasteiger partial charge in [0, 0.05) is 31.0 Å². The first-order chi connectivity index (χ1) is 12.3. The maximum absolute atomic E-state index is 13.2. The molecule has 1 aliphatic carbocycles. The number of hydrogen-bond donors (Lipinski definition) is 1. The summed E-state index contributed by atoms with van der Waals surface area (Å²) in [5, 5.41) is 3.40. The molecule has 25 heavy (non-hydrogen) atoms. The lowest BCUT2D eigenvalue weighted by molar-refractivity contribution is 0.0718. The van der Waals surface area contributed by atoms with Crippen molar-refractivity contribution in [3.05, 3.63) is 65.0 Å². The molecule has 0 unspecified atom stereocenters. The van der Waals surface area contributed by atoms with Crippen molar-refractivity contribution >= 4 is 5.91 Å². The Morgan fingerprint density at radius 3 is 2.96 bits per heavy atom. The fourth-order valence-electron chi connectivity index (χ4n) is 4.00. The number of nitrogens with one attached hydrogen (secondary N) is 1. The molecule has 0 radical (unpaired) electrons. The van der Waals surface area contributed by atoms with E-state index in [-0.39, 0.29) is 5.91 Å². The van der Waals surface area contributed by atoms with E-state index in [9.17, 15) is 4.79 Å². The maximum atomic E-state index is 13.2. The van der Waals surface area contributed by atoms with Crippen LogP contribution in [0.1, 0.15) is 39.9 Å². The van der Waals surface area contributed by atoms with Gasteiger partial charge in [-0.3, -0.25) is 9.78 Å². The number of amides is 1. The third-order valence-electron chi connectivity index (χ3n) is 5.37. The van der Waals surface area contributed by atoms with Crippen molar-refractivity contribution in [2.75, 3.05) is 19.6 Å². The number of nitrogens with zero attached hydrogens (tertiary/aromatic N) is 2. The van der Waals surface area contributed by atoms with E-state index < -0.39 is 0 Å². The van der Waals surface area contributed by atoms with Gasteiger partial charge in [0.2, 0.25) is 0 Å². The van der Waals surface area contributed by atoms with Gasteiger partial charge in [0.25, 0.3) is 5.91 Å². The zero-order valence-electron chi connectivity index (χ0n) is 14.6. The Hall–Kier alpha value is -2.20. The molecule has 0 bridgehead atoms. The summed E-state index contributed by atoms with van der Waals surface area (Å²) < 4.78 is 0. The first-order valence-corrected chi connectivity index (χ1v) is 9.30. The minimum atomic E-state index is 0.144. The fourth-order valence-corrected chi connectivity index (χ4v) is 4.00. The van der Waals surface area contributed by atoms with Gasteiger partial charge in [-0.15, -0.1) is 0 Å². The quantitative estimate of drug-likeness (QED) is 0.914. The Morgan fingerprint density at radius 1 is 1.24 bits per heavy atom. The predicted molar refractivity (Wildman–Crippen MR) is 98.4 cm³/mol. The topological polar surface area (TPSA) is 45.2 Å². The second-order valence-corrected chi connectivity index (χ2v) is 7.24. The molecule has 130 valence electrons. The van der Waals surface area contributed by atoms with E-state index in [1.54, 1.807) is 6.20 Å². The summed E-state index contributed by atoms with van der Waals surface area (Å²) in [5.41, 5.74) is 4.68. The molecule has 1 aromatic heterocycles. The van der Waals surface area contributed by atoms with Crippen LogP contribution in [0.4, 0.5) is 0 Å². The first kappa shape index (κ1) is 16.3. The number of aryl methyl sites for hydroxylation is 2. The predicted octanol–water partition coefficient (Wildman–Crippen LogP) is 2.82. The number of benzene rings is 1. The molecular formula is C21H25N3O. The van der Waals surface area contributed by atoms with Crippen LogP contribution in [0, 0.1) is 5.92 Å². The molecule has 1 atom stereocenters. The molecule has 2 heterocycles. The van der Waals surface area contributed by atoms with Crippen LogP contribution in [0.3, 0.4) is 0 Å². The van der Waals surface area contributed by atoms with E-state index in [1.165, 1.54) is 17.5 Å². The molecule has 1 fully saturated rings. The smallest absolute Gasteiger partial charge is 0.254 e. The molecule has 4 heteroatoms. The lowest BCUT2D eigenvalue weighted by Gasteiger charge is -2.26. The van der Waals surface area contributed by atoms with Crippen molar-refractivity contribution in [3.63, 3.8) is 0 Å². The van der Waals surface area contributed by atoms with Crippen molar-refractivity contribution in [2.45, 2.75) is 32.2 Å². The molecule has 1 amide bonds. The average molecular weight is 335 g/mol. The fraction of sp³-hybridized carbons (Fsp3) is 0.429. The minimum absolute atomic E-state index is 0.144. The number of fused-ring (bicyclic) bond motifs is 1. The second kappa shape index (κ2) is 7.36. The zero-order valence-corrected chi connectivity index (χ0v) is 14.6. The molecular weight excluding hydrogens is 310 g/mol. The van der Waals surface area contributed by atoms with Crippen molar-refractivity contribution in [1.82, 2.24) is 15.2 Å². The van der Waals surface area contributed by atoms with Gasteiger partial charge in [-0.2, -0.15) is 0 Å². The molecule has 1 N–H and O–H groups in total. The Balaban J connectivity index is 1.56. The molecule has 4 rings (SSSR count). The monoisotopic (exact) mass is 335 g/mol. The Bertz CT molecular complexity index is 738. The van der Waals surface area contributed by atoms with Crippen LogP contribution < -0.4 is 5.32 Å². The van der Waals surface area contributed by atoms with Gasteiger partial charge < -0.3 is 10.2 Å². The third-order valence-corrected chi connectivity index (χ3v) is 5.37. The largest absolute Gasteiger partial charge is 0.334 e. The summed E-state index contributed by atoms with van der Waals surface area (Å²) in [6.45, 7) is 3.48. The number of carbonyl (C=O) groups is 1. The Morgan fingerprint density at radius 2 is 2.16 bits per heavy atom. The second-order valence-electron chi connectivity index (χ2n) is 7.24. The van der Waals surface area contributed by atoms with E-state index in [4.69, 9.17) is 0 Å². The normalized spacial score (nSPS) is 19.0. The number of hydrogen-bond acceptors (Lipinski definition) is 3. The summed E-state index contributed by atoms with van der Waals surface area (Å²) in [5.74, 6) is 0.681. The summed E-state index contributed by atoms with van der Waals surface area (Å²) in [6, 6.07) is 10.3. The first-order valence-electron chi connectivity index (χ1n) is 9.30. The van der Waals surface area contributed by atoms with E-state index in [1.807, 2.05) is 29.3 Å². The molecule has 1 aromatic carbocycles. The number of rotatable bonds is 5. The van der Waals surface area contributed by atoms with Gasteiger partial charge in [0.1, 0.15) is 0 Å². The summed E-state index contributed by atoms with van der Waals surface area (Å²) in [4.78, 5) is 19.4. The van der Waals surface area contributed by atoms with Crippen LogP contribution in [0.5, 0.6) is 0 Å². The highest BCUT2D eigenvalue weighted by atomic mass is 16.2. The lowest BCUT2D eigenvalue weighted by atomic mass is 10.0. The van der Waals surface area contributed by atoms with Crippen LogP contribution >= 0.6 is 0 Å². The van der Waals surface area contributed by atoms with Crippen molar-refractivity contribution in [3.8, 4) is 0 Å². The van der Waals surface area contributed by atoms with E-state index in [0.717, 1.165) is 50.0 Å². The highest BCUT2D eigenvalue weighted by Gasteiger charge is 2.24. The number of carbonyl (C=O) groups excluding carboxylic acids is 1. The summed E-state index contributed by atoms with van der Waals surface area (Å²) in [7, 11) is 0. The van der Waals surface area contributed by atoms with E-state index in [0.29, 0.717) is 12.5 Å². The van der Waals surface area contributed by atoms with Crippen molar-refractivity contribution < 1.29 is 4.79 Å². The van der Waals surface area contributed by atoms with E-state index in [2.05, 4.69) is 22.4 Å². The lowest BCUT2D eigenvalue weighted by Crippen LogP contribution is -2.35. The number of pyridine rings is 1. The highest BCUT2D eigenvalue weighted by molar-refractivity contribution is 5.94. The van der Waals surface area contributed by atoms with Crippen molar-refractivity contribution in [1.29, 1.82) is 0 Å². The third kappa shape index (κ3) is 3.74. The maximum Gasteiger partial charge on any atom is 0.254 e. The van der Waals surface area contributed by atoms with Crippen molar-refractivity contribution in [2.24, 2.45) is 5.92 Å². The molecule has 1 saturated heterocycles. The van der Waals surface area contributed by atoms with Crippen LogP contribution in [-0.4, -0.2) is 35.4 Å².